The minimum absolute atomic E-state index is 0.0779. The van der Waals surface area contributed by atoms with Crippen molar-refractivity contribution in [1.29, 1.82) is 0 Å². The highest BCUT2D eigenvalue weighted by Crippen LogP contribution is 2.17. The standard InChI is InChI=1S/C20H25N3O2/c1-15-12-23(13-16(2)25-15)14-19-6-4-3-5-18(19)11-22-20(24)17-7-9-21-10-8-17/h3-10,15-16H,11-14H2,1-2H3,(H,22,24)/t15-,16+. The third kappa shape index (κ3) is 4.87. The van der Waals surface area contributed by atoms with Crippen LogP contribution in [0.4, 0.5) is 0 Å². The Morgan fingerprint density at radius 2 is 1.76 bits per heavy atom. The van der Waals surface area contributed by atoms with Gasteiger partial charge in [-0.1, -0.05) is 24.3 Å². The molecule has 1 fully saturated rings. The third-order valence-electron chi connectivity index (χ3n) is 4.39. The highest BCUT2D eigenvalue weighted by Gasteiger charge is 2.22. The molecule has 1 saturated heterocycles. The molecule has 0 spiro atoms. The molecule has 1 aromatic heterocycles. The first-order valence-corrected chi connectivity index (χ1v) is 8.74. The van der Waals surface area contributed by atoms with E-state index in [0.717, 1.165) is 25.2 Å². The van der Waals surface area contributed by atoms with E-state index in [1.54, 1.807) is 24.5 Å². The molecule has 1 N–H and O–H groups in total. The van der Waals surface area contributed by atoms with E-state index in [1.165, 1.54) is 5.56 Å². The van der Waals surface area contributed by atoms with Crippen molar-refractivity contribution < 1.29 is 9.53 Å². The molecule has 3 rings (SSSR count). The van der Waals surface area contributed by atoms with Gasteiger partial charge < -0.3 is 10.1 Å². The van der Waals surface area contributed by atoms with Crippen molar-refractivity contribution in [3.8, 4) is 0 Å². The quantitative estimate of drug-likeness (QED) is 0.910. The fourth-order valence-corrected chi connectivity index (χ4v) is 3.32. The molecule has 25 heavy (non-hydrogen) atoms. The number of hydrogen-bond acceptors (Lipinski definition) is 4. The Morgan fingerprint density at radius 1 is 1.12 bits per heavy atom. The molecule has 0 aliphatic carbocycles. The number of rotatable bonds is 5. The lowest BCUT2D eigenvalue weighted by molar-refractivity contribution is -0.0705. The molecule has 1 amide bonds. The van der Waals surface area contributed by atoms with Crippen LogP contribution in [0.25, 0.3) is 0 Å². The van der Waals surface area contributed by atoms with Gasteiger partial charge in [-0.2, -0.15) is 0 Å². The van der Waals surface area contributed by atoms with Crippen LogP contribution in [0.2, 0.25) is 0 Å². The second kappa shape index (κ2) is 8.23. The lowest BCUT2D eigenvalue weighted by Gasteiger charge is -2.35. The zero-order valence-electron chi connectivity index (χ0n) is 14.8. The summed E-state index contributed by atoms with van der Waals surface area (Å²) in [6, 6.07) is 11.7. The van der Waals surface area contributed by atoms with Crippen molar-refractivity contribution in [3.63, 3.8) is 0 Å². The van der Waals surface area contributed by atoms with Crippen molar-refractivity contribution in [2.75, 3.05) is 13.1 Å². The Kier molecular flexibility index (Phi) is 5.79. The van der Waals surface area contributed by atoms with Crippen LogP contribution in [0.15, 0.2) is 48.8 Å². The summed E-state index contributed by atoms with van der Waals surface area (Å²) in [6.07, 6.45) is 3.76. The summed E-state index contributed by atoms with van der Waals surface area (Å²) in [6.45, 7) is 7.49. The Bertz CT molecular complexity index is 695. The van der Waals surface area contributed by atoms with Gasteiger partial charge in [0.05, 0.1) is 12.2 Å². The minimum atomic E-state index is -0.0779. The summed E-state index contributed by atoms with van der Waals surface area (Å²) in [5.41, 5.74) is 3.03. The number of aromatic nitrogens is 1. The molecule has 132 valence electrons. The smallest absolute Gasteiger partial charge is 0.251 e. The number of nitrogens with one attached hydrogen (secondary N) is 1. The minimum Gasteiger partial charge on any atom is -0.373 e. The van der Waals surface area contributed by atoms with Gasteiger partial charge in [0.2, 0.25) is 0 Å². The highest BCUT2D eigenvalue weighted by atomic mass is 16.5. The number of ether oxygens (including phenoxy) is 1. The predicted molar refractivity (Wildman–Crippen MR) is 97.1 cm³/mol. The number of amides is 1. The van der Waals surface area contributed by atoms with Crippen LogP contribution in [0.5, 0.6) is 0 Å². The van der Waals surface area contributed by atoms with Gasteiger partial charge in [0.15, 0.2) is 0 Å². The van der Waals surface area contributed by atoms with E-state index in [9.17, 15) is 4.79 Å². The number of morpholine rings is 1. The van der Waals surface area contributed by atoms with Gasteiger partial charge in [-0.15, -0.1) is 0 Å². The van der Waals surface area contributed by atoms with Crippen LogP contribution in [-0.2, 0) is 17.8 Å². The summed E-state index contributed by atoms with van der Waals surface area (Å²) in [5.74, 6) is -0.0779. The molecule has 0 unspecified atom stereocenters. The SMILES string of the molecule is C[C@@H]1CN(Cc2ccccc2CNC(=O)c2ccncc2)C[C@H](C)O1. The van der Waals surface area contributed by atoms with Crippen molar-refractivity contribution in [2.24, 2.45) is 0 Å². The zero-order chi connectivity index (χ0) is 17.6. The molecular weight excluding hydrogens is 314 g/mol. The molecule has 5 nitrogen and oxygen atoms in total. The monoisotopic (exact) mass is 339 g/mol. The first-order valence-electron chi connectivity index (χ1n) is 8.74. The van der Waals surface area contributed by atoms with Crippen LogP contribution >= 0.6 is 0 Å². The molecular formula is C20H25N3O2. The molecule has 2 atom stereocenters. The first kappa shape index (κ1) is 17.6. The number of nitrogens with zero attached hydrogens (tertiary/aromatic N) is 2. The molecule has 0 saturated carbocycles. The highest BCUT2D eigenvalue weighted by molar-refractivity contribution is 5.93. The second-order valence-electron chi connectivity index (χ2n) is 6.64. The summed E-state index contributed by atoms with van der Waals surface area (Å²) < 4.78 is 5.81. The van der Waals surface area contributed by atoms with E-state index < -0.39 is 0 Å². The average Bonchev–Trinajstić information content (AvgIpc) is 2.60. The number of pyridine rings is 1. The fourth-order valence-electron chi connectivity index (χ4n) is 3.32. The Hall–Kier alpha value is -2.24. The number of carbonyl (C=O) groups excluding carboxylic acids is 1. The van der Waals surface area contributed by atoms with E-state index in [4.69, 9.17) is 4.74 Å². The van der Waals surface area contributed by atoms with Crippen LogP contribution in [0.1, 0.15) is 35.3 Å². The second-order valence-corrected chi connectivity index (χ2v) is 6.64. The Labute approximate surface area is 149 Å². The topological polar surface area (TPSA) is 54.5 Å². The van der Waals surface area contributed by atoms with Crippen LogP contribution in [-0.4, -0.2) is 41.1 Å². The predicted octanol–water partition coefficient (Wildman–Crippen LogP) is 2.62. The number of benzene rings is 1. The molecule has 2 heterocycles. The van der Waals surface area contributed by atoms with Gasteiger partial charge in [-0.25, -0.2) is 0 Å². The van der Waals surface area contributed by atoms with E-state index >= 15 is 0 Å². The summed E-state index contributed by atoms with van der Waals surface area (Å²) in [4.78, 5) is 18.6. The van der Waals surface area contributed by atoms with Crippen molar-refractivity contribution >= 4 is 5.91 Å². The summed E-state index contributed by atoms with van der Waals surface area (Å²) in [5, 5.41) is 3.00. The van der Waals surface area contributed by atoms with Crippen LogP contribution in [0, 0.1) is 0 Å². The maximum Gasteiger partial charge on any atom is 0.251 e. The molecule has 5 heteroatoms. The fraction of sp³-hybridized carbons (Fsp3) is 0.400. The first-order chi connectivity index (χ1) is 12.1. The lowest BCUT2D eigenvalue weighted by Crippen LogP contribution is -2.45. The summed E-state index contributed by atoms with van der Waals surface area (Å²) >= 11 is 0. The maximum absolute atomic E-state index is 12.2. The largest absolute Gasteiger partial charge is 0.373 e. The van der Waals surface area contributed by atoms with Crippen LogP contribution < -0.4 is 5.32 Å². The molecule has 0 radical (unpaired) electrons. The maximum atomic E-state index is 12.2. The molecule has 1 aliphatic heterocycles. The molecule has 1 aromatic carbocycles. The van der Waals surface area contributed by atoms with E-state index in [-0.39, 0.29) is 18.1 Å². The van der Waals surface area contributed by atoms with Crippen molar-refractivity contribution in [1.82, 2.24) is 15.2 Å². The van der Waals surface area contributed by atoms with Gasteiger partial charge >= 0.3 is 0 Å². The summed E-state index contributed by atoms with van der Waals surface area (Å²) in [7, 11) is 0. The molecule has 1 aliphatic rings. The van der Waals surface area contributed by atoms with Crippen molar-refractivity contribution in [2.45, 2.75) is 39.1 Å². The van der Waals surface area contributed by atoms with Gasteiger partial charge in [0.25, 0.3) is 5.91 Å². The Morgan fingerprint density at radius 3 is 2.44 bits per heavy atom. The molecule has 0 bridgehead atoms. The van der Waals surface area contributed by atoms with Gasteiger partial charge in [0, 0.05) is 44.1 Å². The van der Waals surface area contributed by atoms with Crippen molar-refractivity contribution in [3.05, 3.63) is 65.5 Å². The lowest BCUT2D eigenvalue weighted by atomic mass is 10.1. The van der Waals surface area contributed by atoms with E-state index in [2.05, 4.69) is 47.2 Å². The van der Waals surface area contributed by atoms with Gasteiger partial charge in [0.1, 0.15) is 0 Å². The van der Waals surface area contributed by atoms with Gasteiger partial charge in [-0.3, -0.25) is 14.7 Å². The van der Waals surface area contributed by atoms with E-state index in [1.807, 2.05) is 6.07 Å². The molecule has 2 aromatic rings. The van der Waals surface area contributed by atoms with E-state index in [0.29, 0.717) is 12.1 Å². The van der Waals surface area contributed by atoms with Gasteiger partial charge in [-0.05, 0) is 37.1 Å². The normalized spacial score (nSPS) is 21.0. The average molecular weight is 339 g/mol. The van der Waals surface area contributed by atoms with Crippen LogP contribution in [0.3, 0.4) is 0 Å². The Balaban J connectivity index is 1.64. The third-order valence-corrected chi connectivity index (χ3v) is 4.39. The number of carbonyl (C=O) groups is 1. The zero-order valence-corrected chi connectivity index (χ0v) is 14.8. The number of hydrogen-bond donors (Lipinski definition) is 1.